The minimum Gasteiger partial charge on any atom is -0.481 e. The highest BCUT2D eigenvalue weighted by molar-refractivity contribution is 5.94. The fraction of sp³-hybridized carbons (Fsp3) is 0.381. The van der Waals surface area contributed by atoms with Crippen LogP contribution < -0.4 is 15.0 Å². The van der Waals surface area contributed by atoms with Crippen molar-refractivity contribution in [1.29, 1.82) is 0 Å². The first kappa shape index (κ1) is 17.3. The van der Waals surface area contributed by atoms with E-state index in [9.17, 15) is 4.79 Å². The van der Waals surface area contributed by atoms with Gasteiger partial charge in [0.05, 0.1) is 0 Å². The summed E-state index contributed by atoms with van der Waals surface area (Å²) in [5, 5.41) is 2.96. The van der Waals surface area contributed by atoms with Crippen LogP contribution in [-0.2, 0) is 4.79 Å². The fourth-order valence-electron chi connectivity index (χ4n) is 3.06. The first-order valence-electron chi connectivity index (χ1n) is 9.05. The van der Waals surface area contributed by atoms with Gasteiger partial charge in [-0.3, -0.25) is 4.79 Å². The molecule has 1 saturated heterocycles. The van der Waals surface area contributed by atoms with Gasteiger partial charge >= 0.3 is 0 Å². The molecule has 1 aliphatic rings. The average Bonchev–Trinajstić information content (AvgIpc) is 3.16. The van der Waals surface area contributed by atoms with Gasteiger partial charge in [0.2, 0.25) is 0 Å². The van der Waals surface area contributed by atoms with Crippen LogP contribution in [0.25, 0.3) is 0 Å². The molecule has 0 aliphatic carbocycles. The second-order valence-electron chi connectivity index (χ2n) is 6.56. The zero-order chi connectivity index (χ0) is 17.6. The van der Waals surface area contributed by atoms with Crippen LogP contribution in [0, 0.1) is 6.92 Å². The van der Waals surface area contributed by atoms with Crippen LogP contribution in [0.1, 0.15) is 31.7 Å². The van der Waals surface area contributed by atoms with Gasteiger partial charge in [0.25, 0.3) is 5.91 Å². The molecule has 132 valence electrons. The van der Waals surface area contributed by atoms with Crippen LogP contribution >= 0.6 is 0 Å². The molecule has 2 aromatic rings. The number of hydrogen-bond acceptors (Lipinski definition) is 3. The molecule has 0 unspecified atom stereocenters. The van der Waals surface area contributed by atoms with Gasteiger partial charge in [0.1, 0.15) is 5.75 Å². The zero-order valence-electron chi connectivity index (χ0n) is 15.0. The van der Waals surface area contributed by atoms with E-state index in [-0.39, 0.29) is 5.91 Å². The van der Waals surface area contributed by atoms with Crippen molar-refractivity contribution in [3.8, 4) is 5.75 Å². The summed E-state index contributed by atoms with van der Waals surface area (Å²) in [5.41, 5.74) is 3.19. The summed E-state index contributed by atoms with van der Waals surface area (Å²) in [5.74, 6) is 0.606. The third kappa shape index (κ3) is 4.53. The van der Waals surface area contributed by atoms with Crippen molar-refractivity contribution in [1.82, 2.24) is 0 Å². The summed E-state index contributed by atoms with van der Waals surface area (Å²) in [6, 6.07) is 15.8. The lowest BCUT2D eigenvalue weighted by Crippen LogP contribution is -2.32. The van der Waals surface area contributed by atoms with Gasteiger partial charge in [-0.1, -0.05) is 24.6 Å². The van der Waals surface area contributed by atoms with E-state index in [1.807, 2.05) is 50.2 Å². The molecule has 1 heterocycles. The summed E-state index contributed by atoms with van der Waals surface area (Å²) in [4.78, 5) is 14.9. The van der Waals surface area contributed by atoms with Crippen LogP contribution in [0.4, 0.5) is 11.4 Å². The first-order valence-corrected chi connectivity index (χ1v) is 9.05. The minimum atomic E-state index is -0.499. The maximum absolute atomic E-state index is 12.5. The standard InChI is InChI=1S/C21H26N2O2/c1-3-20(25-19-12-6-16(2)7-13-19)21(24)22-17-8-10-18(11-9-17)23-14-4-5-15-23/h6-13,20H,3-5,14-15H2,1-2H3,(H,22,24)/t20-/m1/s1. The number of aryl methyl sites for hydroxylation is 1. The summed E-state index contributed by atoms with van der Waals surface area (Å²) >= 11 is 0. The number of carbonyl (C=O) groups is 1. The number of carbonyl (C=O) groups excluding carboxylic acids is 1. The monoisotopic (exact) mass is 338 g/mol. The van der Waals surface area contributed by atoms with Crippen LogP contribution in [-0.4, -0.2) is 25.1 Å². The van der Waals surface area contributed by atoms with Crippen LogP contribution in [0.3, 0.4) is 0 Å². The number of amides is 1. The van der Waals surface area contributed by atoms with Crippen LogP contribution in [0.5, 0.6) is 5.75 Å². The van der Waals surface area contributed by atoms with Crippen LogP contribution in [0.2, 0.25) is 0 Å². The molecule has 0 bridgehead atoms. The predicted molar refractivity (Wildman–Crippen MR) is 102 cm³/mol. The van der Waals surface area contributed by atoms with Crippen molar-refractivity contribution in [2.75, 3.05) is 23.3 Å². The van der Waals surface area contributed by atoms with E-state index < -0.39 is 6.10 Å². The molecule has 1 amide bonds. The van der Waals surface area contributed by atoms with Gasteiger partial charge < -0.3 is 15.0 Å². The molecule has 4 heteroatoms. The average molecular weight is 338 g/mol. The maximum atomic E-state index is 12.5. The molecular formula is C21H26N2O2. The lowest BCUT2D eigenvalue weighted by molar-refractivity contribution is -0.122. The lowest BCUT2D eigenvalue weighted by atomic mass is 10.2. The van der Waals surface area contributed by atoms with Gasteiger partial charge in [-0.15, -0.1) is 0 Å². The van der Waals surface area contributed by atoms with Gasteiger partial charge in [-0.2, -0.15) is 0 Å². The topological polar surface area (TPSA) is 41.6 Å². The number of nitrogens with one attached hydrogen (secondary N) is 1. The van der Waals surface area contributed by atoms with E-state index in [2.05, 4.69) is 22.3 Å². The first-order chi connectivity index (χ1) is 12.2. The molecule has 2 aromatic carbocycles. The third-order valence-corrected chi connectivity index (χ3v) is 4.57. The van der Waals surface area contributed by atoms with Crippen molar-refractivity contribution in [3.63, 3.8) is 0 Å². The van der Waals surface area contributed by atoms with Crippen molar-refractivity contribution >= 4 is 17.3 Å². The van der Waals surface area contributed by atoms with Crippen LogP contribution in [0.15, 0.2) is 48.5 Å². The highest BCUT2D eigenvalue weighted by Gasteiger charge is 2.19. The molecule has 0 saturated carbocycles. The van der Waals surface area contributed by atoms with Gasteiger partial charge in [-0.05, 0) is 62.6 Å². The fourth-order valence-corrected chi connectivity index (χ4v) is 3.06. The van der Waals surface area contributed by atoms with E-state index in [1.54, 1.807) is 0 Å². The van der Waals surface area contributed by atoms with E-state index in [1.165, 1.54) is 24.1 Å². The minimum absolute atomic E-state index is 0.114. The number of nitrogens with zero attached hydrogens (tertiary/aromatic N) is 1. The van der Waals surface area contributed by atoms with E-state index in [0.29, 0.717) is 6.42 Å². The molecule has 1 fully saturated rings. The van der Waals surface area contributed by atoms with Crippen molar-refractivity contribution in [2.45, 2.75) is 39.2 Å². The Bertz CT molecular complexity index is 689. The summed E-state index contributed by atoms with van der Waals surface area (Å²) in [6.45, 7) is 6.22. The highest BCUT2D eigenvalue weighted by atomic mass is 16.5. The normalized spacial score (nSPS) is 15.0. The summed E-state index contributed by atoms with van der Waals surface area (Å²) < 4.78 is 5.84. The van der Waals surface area contributed by atoms with Crippen molar-refractivity contribution < 1.29 is 9.53 Å². The number of hydrogen-bond donors (Lipinski definition) is 1. The Hall–Kier alpha value is -2.49. The highest BCUT2D eigenvalue weighted by Crippen LogP contribution is 2.22. The van der Waals surface area contributed by atoms with E-state index in [4.69, 9.17) is 4.74 Å². The number of rotatable bonds is 6. The lowest BCUT2D eigenvalue weighted by Gasteiger charge is -2.19. The summed E-state index contributed by atoms with van der Waals surface area (Å²) in [6.07, 6.45) is 2.63. The quantitative estimate of drug-likeness (QED) is 0.849. The smallest absolute Gasteiger partial charge is 0.265 e. The molecule has 25 heavy (non-hydrogen) atoms. The Kier molecular flexibility index (Phi) is 5.59. The Balaban J connectivity index is 1.60. The molecule has 0 radical (unpaired) electrons. The molecule has 0 spiro atoms. The Labute approximate surface area is 149 Å². The molecular weight excluding hydrogens is 312 g/mol. The molecule has 1 N–H and O–H groups in total. The van der Waals surface area contributed by atoms with Gasteiger partial charge in [-0.25, -0.2) is 0 Å². The largest absolute Gasteiger partial charge is 0.481 e. The third-order valence-electron chi connectivity index (χ3n) is 4.57. The maximum Gasteiger partial charge on any atom is 0.265 e. The molecule has 1 atom stereocenters. The van der Waals surface area contributed by atoms with E-state index >= 15 is 0 Å². The SMILES string of the molecule is CC[C@@H](Oc1ccc(C)cc1)C(=O)Nc1ccc(N2CCCC2)cc1. The summed E-state index contributed by atoms with van der Waals surface area (Å²) in [7, 11) is 0. The Morgan fingerprint density at radius 2 is 1.72 bits per heavy atom. The van der Waals surface area contributed by atoms with Gasteiger partial charge in [0.15, 0.2) is 6.10 Å². The second-order valence-corrected chi connectivity index (χ2v) is 6.56. The Morgan fingerprint density at radius 1 is 1.08 bits per heavy atom. The molecule has 4 nitrogen and oxygen atoms in total. The zero-order valence-corrected chi connectivity index (χ0v) is 15.0. The Morgan fingerprint density at radius 3 is 2.32 bits per heavy atom. The molecule has 1 aliphatic heterocycles. The number of benzene rings is 2. The number of ether oxygens (including phenoxy) is 1. The van der Waals surface area contributed by atoms with Crippen molar-refractivity contribution in [3.05, 3.63) is 54.1 Å². The van der Waals surface area contributed by atoms with Gasteiger partial charge in [0, 0.05) is 24.5 Å². The molecule has 0 aromatic heterocycles. The number of anilines is 2. The van der Waals surface area contributed by atoms with Crippen molar-refractivity contribution in [2.24, 2.45) is 0 Å². The predicted octanol–water partition coefficient (Wildman–Crippen LogP) is 4.39. The van der Waals surface area contributed by atoms with E-state index in [0.717, 1.165) is 24.5 Å². The second kappa shape index (κ2) is 8.06. The molecule has 3 rings (SSSR count).